The molecule has 0 aliphatic carbocycles. The third-order valence-electron chi connectivity index (χ3n) is 3.11. The molecule has 0 aromatic rings. The second kappa shape index (κ2) is 6.08. The Kier molecular flexibility index (Phi) is 5.05. The molecule has 4 heteroatoms. The van der Waals surface area contributed by atoms with Crippen LogP contribution in [0.2, 0.25) is 0 Å². The first-order chi connectivity index (χ1) is 7.11. The van der Waals surface area contributed by atoms with Crippen molar-refractivity contribution in [3.05, 3.63) is 0 Å². The molecule has 1 aliphatic heterocycles. The maximum atomic E-state index is 11.6. The predicted molar refractivity (Wildman–Crippen MR) is 59.4 cm³/mol. The third-order valence-corrected chi connectivity index (χ3v) is 3.11. The standard InChI is InChI=1S/C11H22N2O2/c1-8(9(2)12)11(14)13-7-10-3-5-15-6-4-10/h8-10H,3-7,12H2,1-2H3,(H,13,14). The Labute approximate surface area is 91.5 Å². The van der Waals surface area contributed by atoms with Crippen molar-refractivity contribution < 1.29 is 9.53 Å². The van der Waals surface area contributed by atoms with Crippen LogP contribution in [0.1, 0.15) is 26.7 Å². The molecule has 3 N–H and O–H groups in total. The van der Waals surface area contributed by atoms with E-state index in [1.54, 1.807) is 0 Å². The first-order valence-electron chi connectivity index (χ1n) is 5.72. The summed E-state index contributed by atoms with van der Waals surface area (Å²) in [6, 6.07) is -0.0836. The number of ether oxygens (including phenoxy) is 1. The molecule has 0 radical (unpaired) electrons. The van der Waals surface area contributed by atoms with Gasteiger partial charge in [-0.1, -0.05) is 6.92 Å². The zero-order valence-corrected chi connectivity index (χ0v) is 9.66. The van der Waals surface area contributed by atoms with Crippen molar-refractivity contribution in [2.75, 3.05) is 19.8 Å². The smallest absolute Gasteiger partial charge is 0.224 e. The number of carbonyl (C=O) groups excluding carboxylic acids is 1. The first kappa shape index (κ1) is 12.5. The number of carbonyl (C=O) groups is 1. The topological polar surface area (TPSA) is 64.4 Å². The highest BCUT2D eigenvalue weighted by molar-refractivity contribution is 5.78. The zero-order valence-electron chi connectivity index (χ0n) is 9.66. The zero-order chi connectivity index (χ0) is 11.3. The SMILES string of the molecule is CC(N)C(C)C(=O)NCC1CCOCC1. The molecule has 0 aromatic heterocycles. The van der Waals surface area contributed by atoms with E-state index in [1.165, 1.54) is 0 Å². The van der Waals surface area contributed by atoms with Gasteiger partial charge in [0.1, 0.15) is 0 Å². The Bertz CT molecular complexity index is 201. The van der Waals surface area contributed by atoms with E-state index < -0.39 is 0 Å². The fourth-order valence-corrected chi connectivity index (χ4v) is 1.60. The third kappa shape index (κ3) is 4.18. The molecule has 0 aromatic carbocycles. The fourth-order valence-electron chi connectivity index (χ4n) is 1.60. The van der Waals surface area contributed by atoms with E-state index in [0.29, 0.717) is 5.92 Å². The molecule has 1 heterocycles. The number of hydrogen-bond acceptors (Lipinski definition) is 3. The van der Waals surface area contributed by atoms with Crippen molar-refractivity contribution >= 4 is 5.91 Å². The van der Waals surface area contributed by atoms with Gasteiger partial charge in [0.05, 0.1) is 0 Å². The highest BCUT2D eigenvalue weighted by atomic mass is 16.5. The van der Waals surface area contributed by atoms with E-state index in [4.69, 9.17) is 10.5 Å². The Hall–Kier alpha value is -0.610. The molecule has 88 valence electrons. The summed E-state index contributed by atoms with van der Waals surface area (Å²) in [6.07, 6.45) is 2.10. The number of hydrogen-bond donors (Lipinski definition) is 2. The number of amides is 1. The van der Waals surface area contributed by atoms with Gasteiger partial charge in [-0.05, 0) is 25.7 Å². The predicted octanol–water partition coefficient (Wildman–Crippen LogP) is 0.513. The summed E-state index contributed by atoms with van der Waals surface area (Å²) in [5, 5.41) is 2.96. The maximum Gasteiger partial charge on any atom is 0.224 e. The van der Waals surface area contributed by atoms with E-state index in [-0.39, 0.29) is 17.9 Å². The van der Waals surface area contributed by atoms with Gasteiger partial charge in [-0.2, -0.15) is 0 Å². The molecular formula is C11H22N2O2. The summed E-state index contributed by atoms with van der Waals surface area (Å²) < 4.78 is 5.26. The normalized spacial score (nSPS) is 22.1. The first-order valence-corrected chi connectivity index (χ1v) is 5.72. The average Bonchev–Trinajstić information content (AvgIpc) is 2.26. The summed E-state index contributed by atoms with van der Waals surface area (Å²) in [5.41, 5.74) is 5.66. The molecule has 0 spiro atoms. The van der Waals surface area contributed by atoms with Crippen LogP contribution in [0, 0.1) is 11.8 Å². The van der Waals surface area contributed by atoms with Crippen LogP contribution in [0.4, 0.5) is 0 Å². The molecule has 0 bridgehead atoms. The highest BCUT2D eigenvalue weighted by Gasteiger charge is 2.19. The van der Waals surface area contributed by atoms with E-state index in [1.807, 2.05) is 13.8 Å². The van der Waals surface area contributed by atoms with Crippen molar-refractivity contribution in [3.8, 4) is 0 Å². The van der Waals surface area contributed by atoms with Crippen LogP contribution in [-0.2, 0) is 9.53 Å². The lowest BCUT2D eigenvalue weighted by atomic mass is 9.99. The molecule has 4 nitrogen and oxygen atoms in total. The minimum absolute atomic E-state index is 0.0662. The maximum absolute atomic E-state index is 11.6. The van der Waals surface area contributed by atoms with Crippen LogP contribution in [0.3, 0.4) is 0 Å². The molecule has 15 heavy (non-hydrogen) atoms. The Morgan fingerprint density at radius 3 is 2.60 bits per heavy atom. The summed E-state index contributed by atoms with van der Waals surface area (Å²) in [4.78, 5) is 11.6. The lowest BCUT2D eigenvalue weighted by molar-refractivity contribution is -0.125. The minimum atomic E-state index is -0.107. The van der Waals surface area contributed by atoms with Gasteiger partial charge in [0, 0.05) is 31.7 Å². The van der Waals surface area contributed by atoms with Crippen LogP contribution in [0.15, 0.2) is 0 Å². The fraction of sp³-hybridized carbons (Fsp3) is 0.909. The van der Waals surface area contributed by atoms with Crippen molar-refractivity contribution in [2.24, 2.45) is 17.6 Å². The van der Waals surface area contributed by atoms with Crippen molar-refractivity contribution in [3.63, 3.8) is 0 Å². The molecule has 2 atom stereocenters. The molecule has 1 saturated heterocycles. The molecule has 2 unspecified atom stereocenters. The minimum Gasteiger partial charge on any atom is -0.381 e. The molecular weight excluding hydrogens is 192 g/mol. The lowest BCUT2D eigenvalue weighted by Crippen LogP contribution is -2.41. The van der Waals surface area contributed by atoms with Gasteiger partial charge < -0.3 is 15.8 Å². The molecule has 0 saturated carbocycles. The van der Waals surface area contributed by atoms with Crippen LogP contribution in [0.25, 0.3) is 0 Å². The number of nitrogens with two attached hydrogens (primary N) is 1. The summed E-state index contributed by atoms with van der Waals surface area (Å²) >= 11 is 0. The van der Waals surface area contributed by atoms with Crippen LogP contribution in [0.5, 0.6) is 0 Å². The molecule has 1 rings (SSSR count). The Balaban J connectivity index is 2.20. The van der Waals surface area contributed by atoms with Gasteiger partial charge in [0.15, 0.2) is 0 Å². The molecule has 1 aliphatic rings. The second-order valence-electron chi connectivity index (χ2n) is 4.45. The van der Waals surface area contributed by atoms with Gasteiger partial charge in [-0.3, -0.25) is 4.79 Å². The number of nitrogens with one attached hydrogen (secondary N) is 1. The largest absolute Gasteiger partial charge is 0.381 e. The second-order valence-corrected chi connectivity index (χ2v) is 4.45. The lowest BCUT2D eigenvalue weighted by Gasteiger charge is -2.23. The Morgan fingerprint density at radius 2 is 2.07 bits per heavy atom. The monoisotopic (exact) mass is 214 g/mol. The van der Waals surface area contributed by atoms with Gasteiger partial charge in [-0.25, -0.2) is 0 Å². The van der Waals surface area contributed by atoms with Crippen LogP contribution < -0.4 is 11.1 Å². The number of rotatable bonds is 4. The highest BCUT2D eigenvalue weighted by Crippen LogP contribution is 2.13. The van der Waals surface area contributed by atoms with E-state index in [2.05, 4.69) is 5.32 Å². The summed E-state index contributed by atoms with van der Waals surface area (Å²) in [7, 11) is 0. The molecule has 1 amide bonds. The van der Waals surface area contributed by atoms with Crippen LogP contribution in [-0.4, -0.2) is 31.7 Å². The quantitative estimate of drug-likeness (QED) is 0.717. The Morgan fingerprint density at radius 1 is 1.47 bits per heavy atom. The van der Waals surface area contributed by atoms with Gasteiger partial charge in [-0.15, -0.1) is 0 Å². The van der Waals surface area contributed by atoms with Crippen molar-refractivity contribution in [1.29, 1.82) is 0 Å². The van der Waals surface area contributed by atoms with Gasteiger partial charge in [0.2, 0.25) is 5.91 Å². The van der Waals surface area contributed by atoms with E-state index in [9.17, 15) is 4.79 Å². The van der Waals surface area contributed by atoms with Gasteiger partial charge in [0.25, 0.3) is 0 Å². The van der Waals surface area contributed by atoms with E-state index >= 15 is 0 Å². The van der Waals surface area contributed by atoms with E-state index in [0.717, 1.165) is 32.6 Å². The molecule has 1 fully saturated rings. The average molecular weight is 214 g/mol. The summed E-state index contributed by atoms with van der Waals surface area (Å²) in [5.74, 6) is 0.532. The van der Waals surface area contributed by atoms with Crippen molar-refractivity contribution in [2.45, 2.75) is 32.7 Å². The van der Waals surface area contributed by atoms with Crippen LogP contribution >= 0.6 is 0 Å². The van der Waals surface area contributed by atoms with Crippen molar-refractivity contribution in [1.82, 2.24) is 5.32 Å². The summed E-state index contributed by atoms with van der Waals surface area (Å²) in [6.45, 7) is 6.13. The van der Waals surface area contributed by atoms with Gasteiger partial charge >= 0.3 is 0 Å².